The molecule has 0 aromatic heterocycles. The van der Waals surface area contributed by atoms with Gasteiger partial charge in [0.25, 0.3) is 17.3 Å². The first-order valence-electron chi connectivity index (χ1n) is 8.40. The molecule has 3 rings (SSSR count). The Kier molecular flexibility index (Phi) is 5.70. The number of thioether (sulfide) groups is 1. The molecule has 9 heteroatoms. The summed E-state index contributed by atoms with van der Waals surface area (Å²) < 4.78 is 0. The number of carbonyl (C=O) groups is 1. The molecule has 1 N–H and O–H groups in total. The van der Waals surface area contributed by atoms with Gasteiger partial charge in [0.15, 0.2) is 0 Å². The molecular weight excluding hydrogens is 370 g/mol. The fraction of sp³-hybridized carbons (Fsp3) is 0.278. The predicted octanol–water partition coefficient (Wildman–Crippen LogP) is 3.95. The number of benzene rings is 2. The van der Waals surface area contributed by atoms with Gasteiger partial charge in [0.05, 0.1) is 21.5 Å². The number of rotatable bonds is 6. The van der Waals surface area contributed by atoms with Crippen LogP contribution in [-0.4, -0.2) is 27.0 Å². The number of nitro benzene ring substituents is 2. The molecular formula is C18H17N3O5S. The number of hydrogen-bond acceptors (Lipinski definition) is 6. The maximum Gasteiger partial charge on any atom is 0.277 e. The lowest BCUT2D eigenvalue weighted by Gasteiger charge is -2.20. The van der Waals surface area contributed by atoms with E-state index in [1.54, 1.807) is 11.8 Å². The summed E-state index contributed by atoms with van der Waals surface area (Å²) in [7, 11) is 0. The zero-order valence-electron chi connectivity index (χ0n) is 14.2. The van der Waals surface area contributed by atoms with E-state index in [1.165, 1.54) is 0 Å². The summed E-state index contributed by atoms with van der Waals surface area (Å²) in [5.74, 6) is -0.535. The average molecular weight is 387 g/mol. The fourth-order valence-electron chi connectivity index (χ4n) is 3.09. The minimum Gasteiger partial charge on any atom is -0.348 e. The standard InChI is InChI=1S/C18H17N3O5S/c22-18(12-9-13(20(23)24)11-14(10-12)21(25)26)19-16-7-4-8-17(16)27-15-5-2-1-3-6-15/h1-3,5-6,9-11,16-17H,4,7-8H2,(H,19,22)/t16-,17-/m1/s1. The second-order valence-electron chi connectivity index (χ2n) is 6.23. The van der Waals surface area contributed by atoms with Gasteiger partial charge in [-0.05, 0) is 25.0 Å². The Morgan fingerprint density at radius 2 is 1.63 bits per heavy atom. The van der Waals surface area contributed by atoms with E-state index >= 15 is 0 Å². The van der Waals surface area contributed by atoms with Crippen LogP contribution in [0.5, 0.6) is 0 Å². The first-order chi connectivity index (χ1) is 12.9. The van der Waals surface area contributed by atoms with Gasteiger partial charge in [-0.25, -0.2) is 0 Å². The lowest BCUT2D eigenvalue weighted by atomic mass is 10.1. The molecule has 8 nitrogen and oxygen atoms in total. The molecule has 0 saturated heterocycles. The molecule has 27 heavy (non-hydrogen) atoms. The molecule has 0 radical (unpaired) electrons. The van der Waals surface area contributed by atoms with Crippen molar-refractivity contribution in [1.29, 1.82) is 0 Å². The quantitative estimate of drug-likeness (QED) is 0.593. The summed E-state index contributed by atoms with van der Waals surface area (Å²) in [6.45, 7) is 0. The zero-order valence-corrected chi connectivity index (χ0v) is 15.1. The van der Waals surface area contributed by atoms with Crippen molar-refractivity contribution in [3.8, 4) is 0 Å². The number of amides is 1. The number of carbonyl (C=O) groups excluding carboxylic acids is 1. The number of hydrogen-bond donors (Lipinski definition) is 1. The maximum absolute atomic E-state index is 12.6. The van der Waals surface area contributed by atoms with Gasteiger partial charge in [-0.3, -0.25) is 25.0 Å². The Hall–Kier alpha value is -2.94. The van der Waals surface area contributed by atoms with Crippen molar-refractivity contribution in [3.63, 3.8) is 0 Å². The molecule has 1 fully saturated rings. The summed E-state index contributed by atoms with van der Waals surface area (Å²) in [6, 6.07) is 12.7. The lowest BCUT2D eigenvalue weighted by Crippen LogP contribution is -2.38. The normalized spacial score (nSPS) is 18.8. The molecule has 2 aromatic rings. The average Bonchev–Trinajstić information content (AvgIpc) is 3.08. The van der Waals surface area contributed by atoms with Crippen LogP contribution in [0.4, 0.5) is 11.4 Å². The fourth-order valence-corrected chi connectivity index (χ4v) is 4.41. The van der Waals surface area contributed by atoms with Crippen LogP contribution in [-0.2, 0) is 0 Å². The molecule has 1 aliphatic rings. The van der Waals surface area contributed by atoms with E-state index in [0.29, 0.717) is 0 Å². The first-order valence-corrected chi connectivity index (χ1v) is 9.28. The maximum atomic E-state index is 12.6. The van der Waals surface area contributed by atoms with Crippen LogP contribution in [0.1, 0.15) is 29.6 Å². The van der Waals surface area contributed by atoms with E-state index in [4.69, 9.17) is 0 Å². The van der Waals surface area contributed by atoms with Crippen molar-refractivity contribution in [3.05, 3.63) is 74.3 Å². The van der Waals surface area contributed by atoms with Gasteiger partial charge in [0, 0.05) is 28.3 Å². The van der Waals surface area contributed by atoms with Crippen molar-refractivity contribution in [2.24, 2.45) is 0 Å². The number of nitro groups is 2. The molecule has 140 valence electrons. The SMILES string of the molecule is O=C(N[C@@H]1CCC[C@H]1Sc1ccccc1)c1cc([N+](=O)[O-])cc([N+](=O)[O-])c1. The second kappa shape index (κ2) is 8.17. The smallest absolute Gasteiger partial charge is 0.277 e. The Morgan fingerprint density at radius 1 is 1.00 bits per heavy atom. The Bertz CT molecular complexity index is 842. The van der Waals surface area contributed by atoms with Gasteiger partial charge in [-0.2, -0.15) is 0 Å². The van der Waals surface area contributed by atoms with Crippen molar-refractivity contribution in [2.45, 2.75) is 35.4 Å². The minimum atomic E-state index is -0.743. The molecule has 0 aliphatic heterocycles. The highest BCUT2D eigenvalue weighted by Crippen LogP contribution is 2.35. The summed E-state index contributed by atoms with van der Waals surface area (Å²) in [6.07, 6.45) is 2.71. The molecule has 0 bridgehead atoms. The van der Waals surface area contributed by atoms with Gasteiger partial charge in [0.2, 0.25) is 0 Å². The van der Waals surface area contributed by atoms with E-state index < -0.39 is 27.1 Å². The van der Waals surface area contributed by atoms with E-state index in [1.807, 2.05) is 30.3 Å². The molecule has 2 aromatic carbocycles. The summed E-state index contributed by atoms with van der Waals surface area (Å²) in [5, 5.41) is 25.1. The van der Waals surface area contributed by atoms with E-state index in [9.17, 15) is 25.0 Å². The van der Waals surface area contributed by atoms with E-state index in [-0.39, 0.29) is 16.9 Å². The minimum absolute atomic E-state index is 0.0775. The van der Waals surface area contributed by atoms with Crippen LogP contribution < -0.4 is 5.32 Å². The van der Waals surface area contributed by atoms with Crippen LogP contribution in [0, 0.1) is 20.2 Å². The van der Waals surface area contributed by atoms with Crippen molar-refractivity contribution >= 4 is 29.0 Å². The van der Waals surface area contributed by atoms with Gasteiger partial charge >= 0.3 is 0 Å². The largest absolute Gasteiger partial charge is 0.348 e. The highest BCUT2D eigenvalue weighted by atomic mass is 32.2. The Balaban J connectivity index is 1.76. The summed E-state index contributed by atoms with van der Waals surface area (Å²) in [5.41, 5.74) is -1.03. The number of nitrogens with zero attached hydrogens (tertiary/aromatic N) is 2. The lowest BCUT2D eigenvalue weighted by molar-refractivity contribution is -0.394. The molecule has 0 spiro atoms. The molecule has 0 unspecified atom stereocenters. The van der Waals surface area contributed by atoms with E-state index in [2.05, 4.69) is 5.32 Å². The van der Waals surface area contributed by atoms with Crippen LogP contribution >= 0.6 is 11.8 Å². The highest BCUT2D eigenvalue weighted by Gasteiger charge is 2.30. The monoisotopic (exact) mass is 387 g/mol. The molecule has 1 amide bonds. The van der Waals surface area contributed by atoms with Crippen molar-refractivity contribution in [1.82, 2.24) is 5.32 Å². The number of non-ortho nitro benzene ring substituents is 2. The topological polar surface area (TPSA) is 115 Å². The van der Waals surface area contributed by atoms with Crippen LogP contribution in [0.3, 0.4) is 0 Å². The molecule has 1 aliphatic carbocycles. The van der Waals surface area contributed by atoms with Crippen LogP contribution in [0.15, 0.2) is 53.4 Å². The predicted molar refractivity (Wildman–Crippen MR) is 101 cm³/mol. The van der Waals surface area contributed by atoms with Gasteiger partial charge < -0.3 is 5.32 Å². The summed E-state index contributed by atoms with van der Waals surface area (Å²) in [4.78, 5) is 34.2. The zero-order chi connectivity index (χ0) is 19.4. The molecule has 2 atom stereocenters. The van der Waals surface area contributed by atoms with Crippen molar-refractivity contribution in [2.75, 3.05) is 0 Å². The third kappa shape index (κ3) is 4.62. The van der Waals surface area contributed by atoms with Crippen LogP contribution in [0.2, 0.25) is 0 Å². The third-order valence-corrected chi connectivity index (χ3v) is 5.80. The Labute approximate surface area is 159 Å². The van der Waals surface area contributed by atoms with Gasteiger partial charge in [0.1, 0.15) is 0 Å². The first kappa shape index (κ1) is 18.8. The summed E-state index contributed by atoms with van der Waals surface area (Å²) >= 11 is 1.68. The molecule has 1 saturated carbocycles. The highest BCUT2D eigenvalue weighted by molar-refractivity contribution is 8.00. The van der Waals surface area contributed by atoms with Crippen molar-refractivity contribution < 1.29 is 14.6 Å². The molecule has 0 heterocycles. The third-order valence-electron chi connectivity index (χ3n) is 4.39. The van der Waals surface area contributed by atoms with Crippen LogP contribution in [0.25, 0.3) is 0 Å². The number of nitrogens with one attached hydrogen (secondary N) is 1. The second-order valence-corrected chi connectivity index (χ2v) is 7.55. The van der Waals surface area contributed by atoms with Gasteiger partial charge in [-0.1, -0.05) is 24.6 Å². The Morgan fingerprint density at radius 3 is 2.22 bits per heavy atom. The van der Waals surface area contributed by atoms with Gasteiger partial charge in [-0.15, -0.1) is 11.8 Å². The van der Waals surface area contributed by atoms with E-state index in [0.717, 1.165) is 42.4 Å².